The third-order valence-corrected chi connectivity index (χ3v) is 5.38. The van der Waals surface area contributed by atoms with E-state index >= 15 is 0 Å². The molecule has 2 fully saturated rings. The maximum absolute atomic E-state index is 12.8. The molecule has 3 rings (SSSR count). The Kier molecular flexibility index (Phi) is 6.50. The summed E-state index contributed by atoms with van der Waals surface area (Å²) in [6.07, 6.45) is 3.41. The van der Waals surface area contributed by atoms with E-state index in [4.69, 9.17) is 4.74 Å². The van der Waals surface area contributed by atoms with Crippen molar-refractivity contribution in [1.82, 2.24) is 10.6 Å². The number of ether oxygens (including phenoxy) is 1. The fraction of sp³-hybridized carbons (Fsp3) is 0.429. The lowest BCUT2D eigenvalue weighted by Gasteiger charge is -2.32. The highest BCUT2D eigenvalue weighted by atomic mass is 16.5. The minimum atomic E-state index is -0.566. The average molecular weight is 397 g/mol. The summed E-state index contributed by atoms with van der Waals surface area (Å²) in [6, 6.07) is 4.77. The Hall–Kier alpha value is -3.34. The van der Waals surface area contributed by atoms with Crippen molar-refractivity contribution in [2.45, 2.75) is 31.7 Å². The highest BCUT2D eigenvalue weighted by Gasteiger charge is 2.27. The molecule has 8 heteroatoms. The molecule has 2 N–H and O–H groups in total. The Balaban J connectivity index is 1.73. The number of amides is 1. The molecule has 152 valence electrons. The number of aldehydes is 1. The zero-order chi connectivity index (χ0) is 20.8. The molecule has 0 aromatic heterocycles. The predicted molar refractivity (Wildman–Crippen MR) is 106 cm³/mol. The van der Waals surface area contributed by atoms with E-state index in [2.05, 4.69) is 15.5 Å². The number of carbonyl (C=O) groups is 2. The molecule has 0 aliphatic carbocycles. The fourth-order valence-corrected chi connectivity index (χ4v) is 3.66. The van der Waals surface area contributed by atoms with Crippen LogP contribution in [0.2, 0.25) is 0 Å². The zero-order valence-corrected chi connectivity index (χ0v) is 16.2. The minimum Gasteiger partial charge on any atom is -0.496 e. The maximum atomic E-state index is 12.8. The number of anilines is 1. The summed E-state index contributed by atoms with van der Waals surface area (Å²) in [7, 11) is 1.49. The van der Waals surface area contributed by atoms with Gasteiger partial charge >= 0.3 is 0 Å². The quantitative estimate of drug-likeness (QED) is 0.565. The van der Waals surface area contributed by atoms with Crippen molar-refractivity contribution in [3.8, 4) is 5.75 Å². The van der Waals surface area contributed by atoms with E-state index in [1.54, 1.807) is 24.0 Å². The first-order valence-electron chi connectivity index (χ1n) is 9.54. The number of allylic oxidation sites excluding steroid dienone is 1. The molecule has 0 unspecified atom stereocenters. The summed E-state index contributed by atoms with van der Waals surface area (Å²) in [5.41, 5.74) is 1.66. The Labute approximate surface area is 168 Å². The molecule has 1 aromatic rings. The third kappa shape index (κ3) is 4.57. The van der Waals surface area contributed by atoms with Crippen LogP contribution in [0, 0.1) is 5.92 Å². The van der Waals surface area contributed by atoms with E-state index < -0.39 is 6.04 Å². The lowest BCUT2D eigenvalue weighted by Crippen LogP contribution is -2.43. The van der Waals surface area contributed by atoms with Gasteiger partial charge in [-0.25, -0.2) is 9.59 Å². The molecule has 2 saturated heterocycles. The lowest BCUT2D eigenvalue weighted by atomic mass is 9.98. The molecular weight excluding hydrogens is 374 g/mol. The molecule has 1 amide bonds. The van der Waals surface area contributed by atoms with Gasteiger partial charge in [-0.05, 0) is 31.4 Å². The summed E-state index contributed by atoms with van der Waals surface area (Å²) in [5, 5.41) is 5.45. The van der Waals surface area contributed by atoms with Crippen molar-refractivity contribution in [1.29, 1.82) is 0 Å². The number of hydrogen-bond donors (Lipinski definition) is 2. The topological polar surface area (TPSA) is 105 Å². The normalized spacial score (nSPS) is 19.6. The number of rotatable bonds is 5. The van der Waals surface area contributed by atoms with Crippen LogP contribution in [-0.4, -0.2) is 50.3 Å². The molecule has 1 atom stereocenters. The van der Waals surface area contributed by atoms with Crippen LogP contribution in [0.5, 0.6) is 5.75 Å². The first kappa shape index (κ1) is 20.4. The SMILES string of the molecule is COc1cc(N2CCC(C=O)CC2)ccc1C(=O)N[C@H]1CCC(=C=O)NC1=C=O. The molecule has 1 aromatic carbocycles. The van der Waals surface area contributed by atoms with Crippen LogP contribution in [0.25, 0.3) is 0 Å². The highest BCUT2D eigenvalue weighted by molar-refractivity contribution is 5.98. The molecule has 29 heavy (non-hydrogen) atoms. The van der Waals surface area contributed by atoms with Crippen LogP contribution in [-0.2, 0) is 14.4 Å². The van der Waals surface area contributed by atoms with Crippen molar-refractivity contribution in [3.63, 3.8) is 0 Å². The molecule has 0 spiro atoms. The second-order valence-corrected chi connectivity index (χ2v) is 7.13. The Bertz CT molecular complexity index is 892. The Morgan fingerprint density at radius 2 is 2.00 bits per heavy atom. The van der Waals surface area contributed by atoms with Gasteiger partial charge in [0.1, 0.15) is 35.3 Å². The second-order valence-electron chi connectivity index (χ2n) is 7.13. The summed E-state index contributed by atoms with van der Waals surface area (Å²) < 4.78 is 5.42. The van der Waals surface area contributed by atoms with Gasteiger partial charge in [-0.3, -0.25) is 4.79 Å². The zero-order valence-electron chi connectivity index (χ0n) is 16.2. The van der Waals surface area contributed by atoms with Crippen molar-refractivity contribution in [3.05, 3.63) is 35.2 Å². The van der Waals surface area contributed by atoms with Gasteiger partial charge in [-0.15, -0.1) is 0 Å². The summed E-state index contributed by atoms with van der Waals surface area (Å²) in [4.78, 5) is 47.8. The number of carbonyl (C=O) groups excluding carboxylic acids is 4. The first-order valence-corrected chi connectivity index (χ1v) is 9.54. The van der Waals surface area contributed by atoms with Crippen LogP contribution in [0.15, 0.2) is 29.6 Å². The molecule has 2 aliphatic rings. The number of nitrogens with zero attached hydrogens (tertiary/aromatic N) is 1. The molecule has 0 radical (unpaired) electrons. The number of benzene rings is 1. The van der Waals surface area contributed by atoms with Crippen molar-refractivity contribution >= 4 is 29.8 Å². The van der Waals surface area contributed by atoms with Gasteiger partial charge in [-0.2, -0.15) is 0 Å². The number of hydrogen-bond acceptors (Lipinski definition) is 7. The fourth-order valence-electron chi connectivity index (χ4n) is 3.66. The number of piperidine rings is 2. The van der Waals surface area contributed by atoms with E-state index in [0.29, 0.717) is 24.2 Å². The average Bonchev–Trinajstić information content (AvgIpc) is 2.78. The van der Waals surface area contributed by atoms with Crippen LogP contribution in [0.1, 0.15) is 36.0 Å². The van der Waals surface area contributed by atoms with Gasteiger partial charge in [0.25, 0.3) is 5.91 Å². The second kappa shape index (κ2) is 9.24. The van der Waals surface area contributed by atoms with E-state index in [9.17, 15) is 19.2 Å². The van der Waals surface area contributed by atoms with Gasteiger partial charge in [-0.1, -0.05) is 0 Å². The predicted octanol–water partition coefficient (Wildman–Crippen LogP) is 1.02. The highest BCUT2D eigenvalue weighted by Crippen LogP contribution is 2.29. The van der Waals surface area contributed by atoms with Gasteiger partial charge in [0.15, 0.2) is 0 Å². The largest absolute Gasteiger partial charge is 0.496 e. The molecule has 2 heterocycles. The van der Waals surface area contributed by atoms with Crippen LogP contribution in [0.4, 0.5) is 5.69 Å². The van der Waals surface area contributed by atoms with Crippen molar-refractivity contribution in [2.24, 2.45) is 5.92 Å². The van der Waals surface area contributed by atoms with Gasteiger partial charge < -0.3 is 25.1 Å². The summed E-state index contributed by atoms with van der Waals surface area (Å²) in [5.74, 6) is 3.63. The Morgan fingerprint density at radius 1 is 1.24 bits per heavy atom. The Morgan fingerprint density at radius 3 is 2.62 bits per heavy atom. The molecule has 2 aliphatic heterocycles. The number of methoxy groups -OCH3 is 1. The number of nitrogens with one attached hydrogen (secondary N) is 2. The van der Waals surface area contributed by atoms with Crippen LogP contribution in [0.3, 0.4) is 0 Å². The van der Waals surface area contributed by atoms with E-state index in [0.717, 1.165) is 37.9 Å². The van der Waals surface area contributed by atoms with Gasteiger partial charge in [0, 0.05) is 37.2 Å². The maximum Gasteiger partial charge on any atom is 0.255 e. The summed E-state index contributed by atoms with van der Waals surface area (Å²) >= 11 is 0. The van der Waals surface area contributed by atoms with E-state index in [1.807, 2.05) is 6.07 Å². The standard InChI is InChI=1S/C21H23N3O5/c1-29-20-10-16(24-8-6-14(11-25)7-9-24)3-4-17(20)21(28)23-18-5-2-15(12-26)22-19(18)13-27/h3-4,10-11,14,18,22H,2,5-9H2,1H3,(H,23,28)/t18-/m0/s1. The molecular formula is C21H23N3O5. The molecule has 8 nitrogen and oxygen atoms in total. The summed E-state index contributed by atoms with van der Waals surface area (Å²) in [6.45, 7) is 1.54. The van der Waals surface area contributed by atoms with Gasteiger partial charge in [0.05, 0.1) is 18.7 Å². The van der Waals surface area contributed by atoms with Crippen LogP contribution < -0.4 is 20.3 Å². The van der Waals surface area contributed by atoms with Crippen LogP contribution >= 0.6 is 0 Å². The van der Waals surface area contributed by atoms with Gasteiger partial charge in [0.2, 0.25) is 0 Å². The molecule has 0 bridgehead atoms. The lowest BCUT2D eigenvalue weighted by molar-refractivity contribution is -0.111. The molecule has 0 saturated carbocycles. The first-order chi connectivity index (χ1) is 14.1. The minimum absolute atomic E-state index is 0.108. The third-order valence-electron chi connectivity index (χ3n) is 5.38. The van der Waals surface area contributed by atoms with E-state index in [-0.39, 0.29) is 23.2 Å². The monoisotopic (exact) mass is 397 g/mol. The van der Waals surface area contributed by atoms with Crippen molar-refractivity contribution in [2.75, 3.05) is 25.1 Å². The van der Waals surface area contributed by atoms with Crippen molar-refractivity contribution < 1.29 is 23.9 Å². The van der Waals surface area contributed by atoms with E-state index in [1.165, 1.54) is 7.11 Å². The smallest absolute Gasteiger partial charge is 0.255 e.